The van der Waals surface area contributed by atoms with Gasteiger partial charge in [0.2, 0.25) is 5.91 Å². The van der Waals surface area contributed by atoms with Crippen molar-refractivity contribution in [3.63, 3.8) is 0 Å². The second kappa shape index (κ2) is 7.74. The summed E-state index contributed by atoms with van der Waals surface area (Å²) in [7, 11) is 0. The minimum atomic E-state index is -0.0131. The van der Waals surface area contributed by atoms with Crippen LogP contribution < -0.4 is 10.6 Å². The number of nitrogens with one attached hydrogen (secondary N) is 2. The van der Waals surface area contributed by atoms with E-state index in [4.69, 9.17) is 0 Å². The Morgan fingerprint density at radius 3 is 2.94 bits per heavy atom. The van der Waals surface area contributed by atoms with E-state index in [0.29, 0.717) is 6.04 Å². The first-order valence-corrected chi connectivity index (χ1v) is 8.01. The van der Waals surface area contributed by atoms with Crippen molar-refractivity contribution in [2.24, 2.45) is 0 Å². The van der Waals surface area contributed by atoms with E-state index in [1.54, 1.807) is 11.3 Å². The average molecular weight is 272 g/mol. The van der Waals surface area contributed by atoms with Crippen molar-refractivity contribution < 1.29 is 4.79 Å². The van der Waals surface area contributed by atoms with E-state index >= 15 is 0 Å². The number of anilines is 1. The number of rotatable bonds is 7. The number of hydrogen-bond acceptors (Lipinski definition) is 4. The molecule has 0 bridgehead atoms. The average Bonchev–Trinajstić information content (AvgIpc) is 2.71. The standard InChI is InChI=1S/C12H20N2OS2/c1-4-10(8-16-3)13-7-12-11(5-6-17-12)14-9(2)15/h5-6,10,13H,4,7-8H2,1-3H3,(H,14,15). The van der Waals surface area contributed by atoms with Crippen LogP contribution in [0.5, 0.6) is 0 Å². The molecule has 1 rings (SSSR count). The number of thioether (sulfide) groups is 1. The van der Waals surface area contributed by atoms with Gasteiger partial charge in [-0.15, -0.1) is 11.3 Å². The Bertz CT molecular complexity index is 352. The molecule has 0 radical (unpaired) electrons. The number of amides is 1. The lowest BCUT2D eigenvalue weighted by Gasteiger charge is -2.15. The largest absolute Gasteiger partial charge is 0.325 e. The minimum absolute atomic E-state index is 0.0131. The van der Waals surface area contributed by atoms with Crippen molar-refractivity contribution in [3.05, 3.63) is 16.3 Å². The molecule has 0 fully saturated rings. The highest BCUT2D eigenvalue weighted by molar-refractivity contribution is 7.98. The maximum Gasteiger partial charge on any atom is 0.221 e. The second-order valence-electron chi connectivity index (χ2n) is 3.88. The molecule has 0 spiro atoms. The van der Waals surface area contributed by atoms with Crippen molar-refractivity contribution >= 4 is 34.7 Å². The van der Waals surface area contributed by atoms with Crippen molar-refractivity contribution in [2.75, 3.05) is 17.3 Å². The Labute approximate surface area is 111 Å². The summed E-state index contributed by atoms with van der Waals surface area (Å²) in [5.41, 5.74) is 0.939. The molecule has 5 heteroatoms. The Morgan fingerprint density at radius 1 is 1.59 bits per heavy atom. The number of thiophene rings is 1. The smallest absolute Gasteiger partial charge is 0.221 e. The first-order valence-electron chi connectivity index (χ1n) is 5.73. The maximum atomic E-state index is 11.0. The highest BCUT2D eigenvalue weighted by Gasteiger charge is 2.09. The van der Waals surface area contributed by atoms with Crippen LogP contribution in [0.25, 0.3) is 0 Å². The molecule has 1 unspecified atom stereocenters. The van der Waals surface area contributed by atoms with Crippen LogP contribution in [0.2, 0.25) is 0 Å². The summed E-state index contributed by atoms with van der Waals surface area (Å²) in [6, 6.07) is 2.50. The zero-order valence-corrected chi connectivity index (χ0v) is 12.2. The first kappa shape index (κ1) is 14.5. The second-order valence-corrected chi connectivity index (χ2v) is 5.79. The van der Waals surface area contributed by atoms with E-state index in [-0.39, 0.29) is 5.91 Å². The van der Waals surface area contributed by atoms with Gasteiger partial charge in [0.25, 0.3) is 0 Å². The zero-order valence-electron chi connectivity index (χ0n) is 10.6. The molecule has 96 valence electrons. The third-order valence-corrected chi connectivity index (χ3v) is 4.12. The fourth-order valence-electron chi connectivity index (χ4n) is 1.54. The van der Waals surface area contributed by atoms with E-state index < -0.39 is 0 Å². The molecule has 1 aromatic heterocycles. The van der Waals surface area contributed by atoms with Crippen molar-refractivity contribution in [1.29, 1.82) is 0 Å². The van der Waals surface area contributed by atoms with Gasteiger partial charge in [-0.05, 0) is 24.1 Å². The lowest BCUT2D eigenvalue weighted by molar-refractivity contribution is -0.114. The summed E-state index contributed by atoms with van der Waals surface area (Å²) in [6.45, 7) is 4.56. The van der Waals surface area contributed by atoms with E-state index in [1.165, 1.54) is 11.8 Å². The SMILES string of the molecule is CCC(CSC)NCc1sccc1NC(C)=O. The molecule has 1 amide bonds. The minimum Gasteiger partial charge on any atom is -0.325 e. The molecule has 0 saturated carbocycles. The van der Waals surface area contributed by atoms with Gasteiger partial charge in [0.05, 0.1) is 5.69 Å². The molecule has 0 saturated heterocycles. The first-order chi connectivity index (χ1) is 8.17. The quantitative estimate of drug-likeness (QED) is 0.802. The highest BCUT2D eigenvalue weighted by Crippen LogP contribution is 2.22. The summed E-state index contributed by atoms with van der Waals surface area (Å²) < 4.78 is 0. The fraction of sp³-hybridized carbons (Fsp3) is 0.583. The van der Waals surface area contributed by atoms with E-state index in [1.807, 2.05) is 23.2 Å². The van der Waals surface area contributed by atoms with Crippen LogP contribution in [-0.4, -0.2) is 24.0 Å². The summed E-state index contributed by atoms with van der Waals surface area (Å²) >= 11 is 3.54. The van der Waals surface area contributed by atoms with Crippen LogP contribution in [0, 0.1) is 0 Å². The van der Waals surface area contributed by atoms with Gasteiger partial charge in [-0.3, -0.25) is 4.79 Å². The van der Waals surface area contributed by atoms with Gasteiger partial charge in [-0.1, -0.05) is 6.92 Å². The van der Waals surface area contributed by atoms with Gasteiger partial charge in [0, 0.05) is 30.1 Å². The van der Waals surface area contributed by atoms with E-state index in [9.17, 15) is 4.79 Å². The molecular weight excluding hydrogens is 252 g/mol. The predicted octanol–water partition coefficient (Wildman–Crippen LogP) is 2.94. The van der Waals surface area contributed by atoms with E-state index in [0.717, 1.165) is 24.4 Å². The van der Waals surface area contributed by atoms with Crippen LogP contribution in [0.15, 0.2) is 11.4 Å². The van der Waals surface area contributed by atoms with Crippen molar-refractivity contribution in [1.82, 2.24) is 5.32 Å². The molecule has 0 aliphatic carbocycles. The van der Waals surface area contributed by atoms with Crippen LogP contribution in [0.4, 0.5) is 5.69 Å². The van der Waals surface area contributed by atoms with Gasteiger partial charge >= 0.3 is 0 Å². The zero-order chi connectivity index (χ0) is 12.7. The summed E-state index contributed by atoms with van der Waals surface area (Å²) in [4.78, 5) is 12.2. The fourth-order valence-corrected chi connectivity index (χ4v) is 3.07. The lowest BCUT2D eigenvalue weighted by Crippen LogP contribution is -2.30. The Kier molecular flexibility index (Phi) is 6.62. The van der Waals surface area contributed by atoms with E-state index in [2.05, 4.69) is 23.8 Å². The van der Waals surface area contributed by atoms with Crippen molar-refractivity contribution in [2.45, 2.75) is 32.9 Å². The topological polar surface area (TPSA) is 41.1 Å². The van der Waals surface area contributed by atoms with Crippen LogP contribution >= 0.6 is 23.1 Å². The molecule has 3 nitrogen and oxygen atoms in total. The summed E-state index contributed by atoms with van der Waals surface area (Å²) in [5, 5.41) is 8.39. The molecule has 1 atom stereocenters. The van der Waals surface area contributed by atoms with Gasteiger partial charge in [-0.25, -0.2) is 0 Å². The third-order valence-electron chi connectivity index (χ3n) is 2.47. The highest BCUT2D eigenvalue weighted by atomic mass is 32.2. The normalized spacial score (nSPS) is 12.4. The van der Waals surface area contributed by atoms with Crippen LogP contribution in [0.3, 0.4) is 0 Å². The molecule has 0 aliphatic rings. The molecule has 1 aromatic rings. The van der Waals surface area contributed by atoms with Gasteiger partial charge < -0.3 is 10.6 Å². The third kappa shape index (κ3) is 5.10. The number of carbonyl (C=O) groups excluding carboxylic acids is 1. The number of carbonyl (C=O) groups is 1. The Hall–Kier alpha value is -0.520. The van der Waals surface area contributed by atoms with Gasteiger partial charge in [-0.2, -0.15) is 11.8 Å². The molecule has 0 aliphatic heterocycles. The van der Waals surface area contributed by atoms with Gasteiger partial charge in [0.1, 0.15) is 0 Å². The maximum absolute atomic E-state index is 11.0. The molecular formula is C12H20N2OS2. The van der Waals surface area contributed by atoms with Gasteiger partial charge in [0.15, 0.2) is 0 Å². The Morgan fingerprint density at radius 2 is 2.35 bits per heavy atom. The van der Waals surface area contributed by atoms with Crippen molar-refractivity contribution in [3.8, 4) is 0 Å². The van der Waals surface area contributed by atoms with Crippen LogP contribution in [-0.2, 0) is 11.3 Å². The Balaban J connectivity index is 2.50. The molecule has 17 heavy (non-hydrogen) atoms. The van der Waals surface area contributed by atoms with Crippen LogP contribution in [0.1, 0.15) is 25.1 Å². The lowest BCUT2D eigenvalue weighted by atomic mass is 10.2. The predicted molar refractivity (Wildman–Crippen MR) is 77.9 cm³/mol. The summed E-state index contributed by atoms with van der Waals surface area (Å²) in [5.74, 6) is 1.11. The molecule has 0 aromatic carbocycles. The molecule has 2 N–H and O–H groups in total. The monoisotopic (exact) mass is 272 g/mol. The summed E-state index contributed by atoms with van der Waals surface area (Å²) in [6.07, 6.45) is 3.25. The number of hydrogen-bond donors (Lipinski definition) is 2. The molecule has 1 heterocycles.